The topological polar surface area (TPSA) is 56.7 Å². The molecule has 0 aliphatic heterocycles. The number of nitrogens with zero attached hydrogens (tertiary/aromatic N) is 3. The molecule has 4 nitrogen and oxygen atoms in total. The zero-order valence-corrected chi connectivity index (χ0v) is 8.54. The predicted octanol–water partition coefficient (Wildman–Crippen LogP) is 2.00. The van der Waals surface area contributed by atoms with Gasteiger partial charge in [-0.1, -0.05) is 18.2 Å². The molecule has 0 aliphatic carbocycles. The molecule has 0 atom stereocenters. The molecule has 0 saturated heterocycles. The van der Waals surface area contributed by atoms with Gasteiger partial charge in [0, 0.05) is 11.6 Å². The normalized spacial score (nSPS) is 10.8. The molecule has 16 heavy (non-hydrogen) atoms. The maximum absolute atomic E-state index is 5.61. The van der Waals surface area contributed by atoms with Gasteiger partial charge in [0.2, 0.25) is 0 Å². The van der Waals surface area contributed by atoms with Gasteiger partial charge in [-0.2, -0.15) is 0 Å². The van der Waals surface area contributed by atoms with Crippen LogP contribution in [0.15, 0.2) is 49.1 Å². The molecule has 3 aromatic rings. The number of anilines is 1. The van der Waals surface area contributed by atoms with E-state index in [9.17, 15) is 0 Å². The van der Waals surface area contributed by atoms with Crippen molar-refractivity contribution in [2.24, 2.45) is 0 Å². The van der Waals surface area contributed by atoms with Crippen LogP contribution in [-0.4, -0.2) is 14.5 Å². The Bertz CT molecular complexity index is 637. The SMILES string of the molecule is Nc1cn(-c2ccnc3ccccc23)cn1. The summed E-state index contributed by atoms with van der Waals surface area (Å²) in [6.07, 6.45) is 5.28. The maximum Gasteiger partial charge on any atom is 0.141 e. The molecular formula is C12H10N4. The molecule has 0 radical (unpaired) electrons. The fraction of sp³-hybridized carbons (Fsp3) is 0. The number of fused-ring (bicyclic) bond motifs is 1. The molecule has 1 aromatic carbocycles. The van der Waals surface area contributed by atoms with Gasteiger partial charge in [0.1, 0.15) is 12.1 Å². The smallest absolute Gasteiger partial charge is 0.141 e. The summed E-state index contributed by atoms with van der Waals surface area (Å²) in [6, 6.07) is 9.94. The highest BCUT2D eigenvalue weighted by Crippen LogP contribution is 2.20. The number of rotatable bonds is 1. The van der Waals surface area contributed by atoms with E-state index in [4.69, 9.17) is 5.73 Å². The minimum Gasteiger partial charge on any atom is -0.382 e. The van der Waals surface area contributed by atoms with Crippen LogP contribution in [0.25, 0.3) is 16.6 Å². The van der Waals surface area contributed by atoms with Crippen LogP contribution in [0.4, 0.5) is 5.82 Å². The molecule has 2 N–H and O–H groups in total. The number of para-hydroxylation sites is 1. The molecule has 0 amide bonds. The zero-order valence-electron chi connectivity index (χ0n) is 8.54. The first-order chi connectivity index (χ1) is 7.84. The van der Waals surface area contributed by atoms with E-state index in [2.05, 4.69) is 9.97 Å². The maximum atomic E-state index is 5.61. The second kappa shape index (κ2) is 3.34. The van der Waals surface area contributed by atoms with Crippen LogP contribution >= 0.6 is 0 Å². The van der Waals surface area contributed by atoms with Crippen molar-refractivity contribution >= 4 is 16.7 Å². The summed E-state index contributed by atoms with van der Waals surface area (Å²) in [5.41, 5.74) is 7.61. The largest absolute Gasteiger partial charge is 0.382 e. The molecule has 3 rings (SSSR count). The average molecular weight is 210 g/mol. The Kier molecular flexibility index (Phi) is 1.86. The van der Waals surface area contributed by atoms with Crippen LogP contribution in [0.2, 0.25) is 0 Å². The summed E-state index contributed by atoms with van der Waals surface area (Å²) in [5, 5.41) is 1.09. The van der Waals surface area contributed by atoms with E-state index < -0.39 is 0 Å². The van der Waals surface area contributed by atoms with Gasteiger partial charge in [-0.15, -0.1) is 0 Å². The van der Waals surface area contributed by atoms with Crippen LogP contribution < -0.4 is 5.73 Å². The first-order valence-corrected chi connectivity index (χ1v) is 4.98. The number of hydrogen-bond donors (Lipinski definition) is 1. The summed E-state index contributed by atoms with van der Waals surface area (Å²) < 4.78 is 1.90. The fourth-order valence-electron chi connectivity index (χ4n) is 1.78. The second-order valence-corrected chi connectivity index (χ2v) is 3.55. The van der Waals surface area contributed by atoms with Crippen molar-refractivity contribution in [2.45, 2.75) is 0 Å². The lowest BCUT2D eigenvalue weighted by Crippen LogP contribution is -1.92. The van der Waals surface area contributed by atoms with Crippen LogP contribution in [-0.2, 0) is 0 Å². The van der Waals surface area contributed by atoms with E-state index in [0.29, 0.717) is 5.82 Å². The Balaban J connectivity index is 2.31. The van der Waals surface area contributed by atoms with E-state index in [0.717, 1.165) is 16.6 Å². The summed E-state index contributed by atoms with van der Waals surface area (Å²) in [5.74, 6) is 0.515. The number of benzene rings is 1. The zero-order chi connectivity index (χ0) is 11.0. The lowest BCUT2D eigenvalue weighted by atomic mass is 10.2. The average Bonchev–Trinajstić information content (AvgIpc) is 2.75. The van der Waals surface area contributed by atoms with Crippen LogP contribution in [0, 0.1) is 0 Å². The van der Waals surface area contributed by atoms with Gasteiger partial charge < -0.3 is 10.3 Å². The van der Waals surface area contributed by atoms with Gasteiger partial charge in [0.05, 0.1) is 17.4 Å². The predicted molar refractivity (Wildman–Crippen MR) is 63.3 cm³/mol. The highest BCUT2D eigenvalue weighted by molar-refractivity contribution is 5.86. The van der Waals surface area contributed by atoms with E-state index in [-0.39, 0.29) is 0 Å². The van der Waals surface area contributed by atoms with E-state index in [1.807, 2.05) is 34.9 Å². The molecule has 0 spiro atoms. The molecule has 0 aliphatic rings. The van der Waals surface area contributed by atoms with Crippen molar-refractivity contribution < 1.29 is 0 Å². The summed E-state index contributed by atoms with van der Waals surface area (Å²) in [6.45, 7) is 0. The van der Waals surface area contributed by atoms with Crippen molar-refractivity contribution in [3.05, 3.63) is 49.1 Å². The Labute approximate surface area is 92.4 Å². The van der Waals surface area contributed by atoms with Gasteiger partial charge in [-0.25, -0.2) is 4.98 Å². The number of aromatic nitrogens is 3. The monoisotopic (exact) mass is 210 g/mol. The Morgan fingerprint density at radius 2 is 1.94 bits per heavy atom. The molecule has 0 unspecified atom stereocenters. The van der Waals surface area contributed by atoms with E-state index >= 15 is 0 Å². The first-order valence-electron chi connectivity index (χ1n) is 4.98. The molecule has 78 valence electrons. The lowest BCUT2D eigenvalue weighted by Gasteiger charge is -2.05. The van der Waals surface area contributed by atoms with Gasteiger partial charge in [-0.3, -0.25) is 4.98 Å². The molecular weight excluding hydrogens is 200 g/mol. The molecule has 2 aromatic heterocycles. The Hall–Kier alpha value is -2.36. The highest BCUT2D eigenvalue weighted by atomic mass is 15.1. The van der Waals surface area contributed by atoms with E-state index in [1.54, 1.807) is 18.7 Å². The van der Waals surface area contributed by atoms with Gasteiger partial charge >= 0.3 is 0 Å². The summed E-state index contributed by atoms with van der Waals surface area (Å²) in [7, 11) is 0. The molecule has 4 heteroatoms. The third-order valence-electron chi connectivity index (χ3n) is 2.51. The first kappa shape index (κ1) is 8.91. The number of imidazole rings is 1. The van der Waals surface area contributed by atoms with E-state index in [1.165, 1.54) is 0 Å². The van der Waals surface area contributed by atoms with Gasteiger partial charge in [0.15, 0.2) is 0 Å². The van der Waals surface area contributed by atoms with Crippen molar-refractivity contribution in [3.63, 3.8) is 0 Å². The Morgan fingerprint density at radius 3 is 2.75 bits per heavy atom. The summed E-state index contributed by atoms with van der Waals surface area (Å²) >= 11 is 0. The van der Waals surface area contributed by atoms with Gasteiger partial charge in [0.25, 0.3) is 0 Å². The molecule has 2 heterocycles. The number of nitrogen functional groups attached to an aromatic ring is 1. The number of pyridine rings is 1. The molecule has 0 fully saturated rings. The van der Waals surface area contributed by atoms with Crippen molar-refractivity contribution in [2.75, 3.05) is 5.73 Å². The van der Waals surface area contributed by atoms with Crippen LogP contribution in [0.3, 0.4) is 0 Å². The van der Waals surface area contributed by atoms with Crippen molar-refractivity contribution in [1.82, 2.24) is 14.5 Å². The Morgan fingerprint density at radius 1 is 1.06 bits per heavy atom. The standard InChI is InChI=1S/C12H10N4/c13-12-7-16(8-15-12)11-5-6-14-10-4-2-1-3-9(10)11/h1-8H,13H2. The lowest BCUT2D eigenvalue weighted by molar-refractivity contribution is 1.06. The third-order valence-corrected chi connectivity index (χ3v) is 2.51. The quantitative estimate of drug-likeness (QED) is 0.668. The highest BCUT2D eigenvalue weighted by Gasteiger charge is 2.03. The minimum atomic E-state index is 0.515. The number of hydrogen-bond acceptors (Lipinski definition) is 3. The van der Waals surface area contributed by atoms with Crippen molar-refractivity contribution in [3.8, 4) is 5.69 Å². The third kappa shape index (κ3) is 1.32. The van der Waals surface area contributed by atoms with Crippen molar-refractivity contribution in [1.29, 1.82) is 0 Å². The van der Waals surface area contributed by atoms with Gasteiger partial charge in [-0.05, 0) is 12.1 Å². The summed E-state index contributed by atoms with van der Waals surface area (Å²) in [4.78, 5) is 8.33. The second-order valence-electron chi connectivity index (χ2n) is 3.55. The fourth-order valence-corrected chi connectivity index (χ4v) is 1.78. The molecule has 0 bridgehead atoms. The van der Waals surface area contributed by atoms with Crippen LogP contribution in [0.5, 0.6) is 0 Å². The number of nitrogens with two attached hydrogens (primary N) is 1. The van der Waals surface area contributed by atoms with Crippen LogP contribution in [0.1, 0.15) is 0 Å². The minimum absolute atomic E-state index is 0.515. The molecule has 0 saturated carbocycles.